The SMILES string of the molecule is CCCC(=O)N1CCN(c2ccc(Cl)cc2NC(=O)c2cc3ccccc3cc2OC)CC1. The highest BCUT2D eigenvalue weighted by Gasteiger charge is 2.23. The van der Waals surface area contributed by atoms with Gasteiger partial charge in [-0.05, 0) is 47.5 Å². The maximum absolute atomic E-state index is 13.3. The molecule has 1 aliphatic heterocycles. The van der Waals surface area contributed by atoms with E-state index in [1.165, 1.54) is 0 Å². The first-order valence-electron chi connectivity index (χ1n) is 11.2. The van der Waals surface area contributed by atoms with Gasteiger partial charge in [0.25, 0.3) is 5.91 Å². The fourth-order valence-electron chi connectivity index (χ4n) is 4.21. The average Bonchev–Trinajstić information content (AvgIpc) is 2.83. The van der Waals surface area contributed by atoms with Crippen LogP contribution in [0.25, 0.3) is 10.8 Å². The third-order valence-electron chi connectivity index (χ3n) is 5.96. The Morgan fingerprint density at radius 1 is 1.00 bits per heavy atom. The van der Waals surface area contributed by atoms with Gasteiger partial charge in [-0.1, -0.05) is 42.8 Å². The molecule has 1 aliphatic rings. The number of nitrogens with zero attached hydrogens (tertiary/aromatic N) is 2. The molecule has 3 aromatic carbocycles. The molecule has 6 nitrogen and oxygen atoms in total. The van der Waals surface area contributed by atoms with Gasteiger partial charge in [0.2, 0.25) is 5.91 Å². The standard InChI is InChI=1S/C26H28ClN3O3/c1-3-6-25(31)30-13-11-29(12-14-30)23-10-9-20(27)17-22(23)28-26(32)21-15-18-7-4-5-8-19(18)16-24(21)33-2/h4-5,7-10,15-17H,3,6,11-14H2,1-2H3,(H,28,32). The number of ether oxygens (including phenoxy) is 1. The topological polar surface area (TPSA) is 61.9 Å². The summed E-state index contributed by atoms with van der Waals surface area (Å²) in [6.07, 6.45) is 1.43. The van der Waals surface area contributed by atoms with Crippen molar-refractivity contribution in [1.29, 1.82) is 0 Å². The van der Waals surface area contributed by atoms with Crippen LogP contribution in [0.15, 0.2) is 54.6 Å². The van der Waals surface area contributed by atoms with Gasteiger partial charge in [0, 0.05) is 37.6 Å². The summed E-state index contributed by atoms with van der Waals surface area (Å²) in [6.45, 7) is 4.72. The molecule has 0 radical (unpaired) electrons. The van der Waals surface area contributed by atoms with Crippen LogP contribution in [0.2, 0.25) is 5.02 Å². The zero-order chi connectivity index (χ0) is 23.4. The number of fused-ring (bicyclic) bond motifs is 1. The highest BCUT2D eigenvalue weighted by Crippen LogP contribution is 2.32. The monoisotopic (exact) mass is 465 g/mol. The third kappa shape index (κ3) is 5.06. The summed E-state index contributed by atoms with van der Waals surface area (Å²) in [6, 6.07) is 17.1. The largest absolute Gasteiger partial charge is 0.496 e. The summed E-state index contributed by atoms with van der Waals surface area (Å²) in [5, 5.41) is 5.54. The number of anilines is 2. The summed E-state index contributed by atoms with van der Waals surface area (Å²) < 4.78 is 5.50. The maximum atomic E-state index is 13.3. The minimum Gasteiger partial charge on any atom is -0.496 e. The molecule has 1 N–H and O–H groups in total. The molecule has 1 heterocycles. The first-order valence-corrected chi connectivity index (χ1v) is 11.6. The summed E-state index contributed by atoms with van der Waals surface area (Å²) in [4.78, 5) is 29.6. The van der Waals surface area contributed by atoms with Crippen molar-refractivity contribution in [2.75, 3.05) is 43.5 Å². The predicted molar refractivity (Wildman–Crippen MR) is 134 cm³/mol. The van der Waals surface area contributed by atoms with Crippen LogP contribution >= 0.6 is 11.6 Å². The van der Waals surface area contributed by atoms with Gasteiger partial charge in [0.1, 0.15) is 5.75 Å². The molecule has 1 saturated heterocycles. The van der Waals surface area contributed by atoms with Crippen LogP contribution in [0.3, 0.4) is 0 Å². The third-order valence-corrected chi connectivity index (χ3v) is 6.19. The normalized spacial score (nSPS) is 13.8. The zero-order valence-electron chi connectivity index (χ0n) is 18.9. The minimum absolute atomic E-state index is 0.199. The van der Waals surface area contributed by atoms with Crippen molar-refractivity contribution in [2.45, 2.75) is 19.8 Å². The van der Waals surface area contributed by atoms with E-state index in [1.54, 1.807) is 13.2 Å². The van der Waals surface area contributed by atoms with Crippen molar-refractivity contribution in [1.82, 2.24) is 4.90 Å². The van der Waals surface area contributed by atoms with Crippen molar-refractivity contribution in [3.63, 3.8) is 0 Å². The fourth-order valence-corrected chi connectivity index (χ4v) is 4.38. The number of nitrogens with one attached hydrogen (secondary N) is 1. The van der Waals surface area contributed by atoms with Gasteiger partial charge < -0.3 is 19.9 Å². The molecule has 0 atom stereocenters. The Morgan fingerprint density at radius 2 is 1.70 bits per heavy atom. The number of carbonyl (C=O) groups is 2. The van der Waals surface area contributed by atoms with E-state index in [1.807, 2.05) is 60.4 Å². The second-order valence-corrected chi connectivity index (χ2v) is 8.57. The van der Waals surface area contributed by atoms with Crippen LogP contribution in [0, 0.1) is 0 Å². The number of piperazine rings is 1. The molecular weight excluding hydrogens is 438 g/mol. The Kier molecular flexibility index (Phi) is 7.04. The lowest BCUT2D eigenvalue weighted by Crippen LogP contribution is -2.48. The van der Waals surface area contributed by atoms with Crippen molar-refractivity contribution >= 4 is 45.6 Å². The lowest BCUT2D eigenvalue weighted by Gasteiger charge is -2.37. The van der Waals surface area contributed by atoms with Gasteiger partial charge in [-0.25, -0.2) is 0 Å². The van der Waals surface area contributed by atoms with Crippen molar-refractivity contribution in [3.05, 3.63) is 65.2 Å². The van der Waals surface area contributed by atoms with E-state index in [9.17, 15) is 9.59 Å². The number of amides is 2. The van der Waals surface area contributed by atoms with Gasteiger partial charge in [-0.2, -0.15) is 0 Å². The summed E-state index contributed by atoms with van der Waals surface area (Å²) in [5.74, 6) is 0.445. The van der Waals surface area contributed by atoms with Crippen molar-refractivity contribution < 1.29 is 14.3 Å². The van der Waals surface area contributed by atoms with E-state index in [0.717, 1.165) is 22.9 Å². The number of benzene rings is 3. The van der Waals surface area contributed by atoms with Gasteiger partial charge in [0.05, 0.1) is 24.0 Å². The van der Waals surface area contributed by atoms with Crippen molar-refractivity contribution in [2.24, 2.45) is 0 Å². The molecule has 33 heavy (non-hydrogen) atoms. The molecule has 0 spiro atoms. The van der Waals surface area contributed by atoms with Crippen LogP contribution in [-0.4, -0.2) is 50.0 Å². The Hall–Kier alpha value is -3.25. The Morgan fingerprint density at radius 3 is 2.36 bits per heavy atom. The smallest absolute Gasteiger partial charge is 0.259 e. The van der Waals surface area contributed by atoms with E-state index >= 15 is 0 Å². The molecule has 0 saturated carbocycles. The number of rotatable bonds is 6. The molecule has 0 unspecified atom stereocenters. The summed E-state index contributed by atoms with van der Waals surface area (Å²) in [5.41, 5.74) is 1.98. The Bertz CT molecular complexity index is 1170. The molecule has 3 aromatic rings. The van der Waals surface area contributed by atoms with Gasteiger partial charge in [-0.3, -0.25) is 9.59 Å². The molecule has 2 amide bonds. The van der Waals surface area contributed by atoms with Gasteiger partial charge in [-0.15, -0.1) is 0 Å². The van der Waals surface area contributed by atoms with E-state index in [0.29, 0.717) is 54.6 Å². The van der Waals surface area contributed by atoms with Crippen LogP contribution in [0.4, 0.5) is 11.4 Å². The molecule has 1 fully saturated rings. The van der Waals surface area contributed by atoms with E-state index in [-0.39, 0.29) is 11.8 Å². The Labute approximate surface area is 199 Å². The van der Waals surface area contributed by atoms with E-state index < -0.39 is 0 Å². The molecule has 0 aliphatic carbocycles. The number of halogens is 1. The summed E-state index contributed by atoms with van der Waals surface area (Å²) >= 11 is 6.27. The quantitative estimate of drug-likeness (QED) is 0.543. The molecule has 0 bridgehead atoms. The Balaban J connectivity index is 1.57. The molecule has 0 aromatic heterocycles. The highest BCUT2D eigenvalue weighted by molar-refractivity contribution is 6.31. The lowest BCUT2D eigenvalue weighted by molar-refractivity contribution is -0.131. The second kappa shape index (κ2) is 10.1. The highest BCUT2D eigenvalue weighted by atomic mass is 35.5. The molecule has 172 valence electrons. The molecular formula is C26H28ClN3O3. The van der Waals surface area contributed by atoms with Gasteiger partial charge >= 0.3 is 0 Å². The number of carbonyl (C=O) groups excluding carboxylic acids is 2. The predicted octanol–water partition coefficient (Wildman–Crippen LogP) is 5.20. The second-order valence-electron chi connectivity index (χ2n) is 8.13. The first-order chi connectivity index (χ1) is 16.0. The maximum Gasteiger partial charge on any atom is 0.259 e. The lowest BCUT2D eigenvalue weighted by atomic mass is 10.0. The molecule has 7 heteroatoms. The average molecular weight is 466 g/mol. The summed E-state index contributed by atoms with van der Waals surface area (Å²) in [7, 11) is 1.56. The van der Waals surface area contributed by atoms with E-state index in [4.69, 9.17) is 16.3 Å². The first kappa shape index (κ1) is 22.9. The van der Waals surface area contributed by atoms with Crippen LogP contribution in [0.5, 0.6) is 5.75 Å². The zero-order valence-corrected chi connectivity index (χ0v) is 19.7. The minimum atomic E-state index is -0.266. The molecule has 4 rings (SSSR count). The van der Waals surface area contributed by atoms with Gasteiger partial charge in [0.15, 0.2) is 0 Å². The van der Waals surface area contributed by atoms with Crippen LogP contribution < -0.4 is 15.0 Å². The van der Waals surface area contributed by atoms with E-state index in [2.05, 4.69) is 10.2 Å². The van der Waals surface area contributed by atoms with Crippen molar-refractivity contribution in [3.8, 4) is 5.75 Å². The van der Waals surface area contributed by atoms with Crippen LogP contribution in [0.1, 0.15) is 30.1 Å². The number of hydrogen-bond acceptors (Lipinski definition) is 4. The number of methoxy groups -OCH3 is 1. The number of hydrogen-bond donors (Lipinski definition) is 1. The fraction of sp³-hybridized carbons (Fsp3) is 0.308. The van der Waals surface area contributed by atoms with Crippen LogP contribution in [-0.2, 0) is 4.79 Å².